The summed E-state index contributed by atoms with van der Waals surface area (Å²) in [5, 5.41) is 14.3. The molecule has 0 radical (unpaired) electrons. The van der Waals surface area contributed by atoms with Gasteiger partial charge in [-0.1, -0.05) is 37.3 Å². The van der Waals surface area contributed by atoms with Crippen LogP contribution in [0.4, 0.5) is 23.0 Å². The van der Waals surface area contributed by atoms with Crippen molar-refractivity contribution in [3.8, 4) is 11.1 Å². The Morgan fingerprint density at radius 2 is 1.92 bits per heavy atom. The lowest BCUT2D eigenvalue weighted by Crippen LogP contribution is -2.05. The monoisotopic (exact) mass is 347 g/mol. The first-order valence-electron chi connectivity index (χ1n) is 8.35. The van der Waals surface area contributed by atoms with E-state index in [9.17, 15) is 10.1 Å². The average Bonchev–Trinajstić information content (AvgIpc) is 2.94. The van der Waals surface area contributed by atoms with Crippen LogP contribution in [0.25, 0.3) is 11.1 Å². The van der Waals surface area contributed by atoms with Gasteiger partial charge in [-0.3, -0.25) is 10.1 Å². The van der Waals surface area contributed by atoms with E-state index in [-0.39, 0.29) is 17.3 Å². The maximum atomic E-state index is 11.3. The molecule has 130 valence electrons. The highest BCUT2D eigenvalue weighted by Crippen LogP contribution is 2.47. The molecule has 7 heteroatoms. The summed E-state index contributed by atoms with van der Waals surface area (Å²) in [6, 6.07) is 14.3. The van der Waals surface area contributed by atoms with E-state index in [0.29, 0.717) is 5.92 Å². The number of nitrogens with two attached hydrogens (primary N) is 1. The van der Waals surface area contributed by atoms with Gasteiger partial charge >= 0.3 is 5.69 Å². The third-order valence-electron chi connectivity index (χ3n) is 4.76. The molecule has 0 saturated heterocycles. The molecule has 1 aromatic heterocycles. The van der Waals surface area contributed by atoms with Crippen LogP contribution in [0.1, 0.15) is 30.4 Å². The predicted molar refractivity (Wildman–Crippen MR) is 100 cm³/mol. The fourth-order valence-electron chi connectivity index (χ4n) is 3.63. The number of aromatic nitrogens is 2. The lowest BCUT2D eigenvalue weighted by Gasteiger charge is -2.12. The van der Waals surface area contributed by atoms with Gasteiger partial charge in [0.1, 0.15) is 6.33 Å². The third kappa shape index (κ3) is 2.45. The largest absolute Gasteiger partial charge is 0.378 e. The third-order valence-corrected chi connectivity index (χ3v) is 4.76. The highest BCUT2D eigenvalue weighted by Gasteiger charge is 2.27. The van der Waals surface area contributed by atoms with Gasteiger partial charge < -0.3 is 11.1 Å². The van der Waals surface area contributed by atoms with Crippen LogP contribution in [-0.4, -0.2) is 14.9 Å². The Morgan fingerprint density at radius 1 is 1.15 bits per heavy atom. The van der Waals surface area contributed by atoms with Crippen molar-refractivity contribution in [3.63, 3.8) is 0 Å². The number of hydrogen-bond acceptors (Lipinski definition) is 6. The lowest BCUT2D eigenvalue weighted by atomic mass is 9.94. The molecule has 0 saturated carbocycles. The summed E-state index contributed by atoms with van der Waals surface area (Å²) in [5.41, 5.74) is 11.0. The number of anilines is 3. The molecule has 1 heterocycles. The summed E-state index contributed by atoms with van der Waals surface area (Å²) in [6.45, 7) is 2.18. The normalized spacial score (nSPS) is 14.6. The van der Waals surface area contributed by atoms with Crippen molar-refractivity contribution in [2.75, 3.05) is 11.1 Å². The minimum atomic E-state index is -0.576. The van der Waals surface area contributed by atoms with Crippen molar-refractivity contribution in [2.45, 2.75) is 19.3 Å². The van der Waals surface area contributed by atoms with E-state index >= 15 is 0 Å². The van der Waals surface area contributed by atoms with Gasteiger partial charge in [0.25, 0.3) is 0 Å². The first kappa shape index (κ1) is 16.0. The Labute approximate surface area is 150 Å². The molecule has 2 aromatic carbocycles. The average molecular weight is 347 g/mol. The smallest absolute Gasteiger partial charge is 0.353 e. The molecule has 3 aromatic rings. The number of nitrogen functional groups attached to an aromatic ring is 1. The molecule has 4 rings (SSSR count). The molecule has 0 bridgehead atoms. The van der Waals surface area contributed by atoms with Crippen LogP contribution in [0.5, 0.6) is 0 Å². The summed E-state index contributed by atoms with van der Waals surface area (Å²) in [4.78, 5) is 18.4. The number of rotatable bonds is 4. The minimum absolute atomic E-state index is 0.0840. The topological polar surface area (TPSA) is 107 Å². The van der Waals surface area contributed by atoms with E-state index in [1.165, 1.54) is 23.0 Å². The Balaban J connectivity index is 1.77. The van der Waals surface area contributed by atoms with E-state index in [0.717, 1.165) is 17.7 Å². The van der Waals surface area contributed by atoms with Gasteiger partial charge in [-0.05, 0) is 40.8 Å². The minimum Gasteiger partial charge on any atom is -0.378 e. The second kappa shape index (κ2) is 6.11. The summed E-state index contributed by atoms with van der Waals surface area (Å²) < 4.78 is 0. The Hall–Kier alpha value is -3.48. The highest BCUT2D eigenvalue weighted by atomic mass is 16.6. The first-order chi connectivity index (χ1) is 12.6. The van der Waals surface area contributed by atoms with Gasteiger partial charge in [-0.25, -0.2) is 9.97 Å². The van der Waals surface area contributed by atoms with Gasteiger partial charge in [-0.2, -0.15) is 0 Å². The van der Waals surface area contributed by atoms with Gasteiger partial charge in [0.15, 0.2) is 0 Å². The van der Waals surface area contributed by atoms with Crippen LogP contribution >= 0.6 is 0 Å². The number of benzene rings is 2. The first-order valence-corrected chi connectivity index (χ1v) is 8.35. The van der Waals surface area contributed by atoms with E-state index in [2.05, 4.69) is 46.5 Å². The fraction of sp³-hybridized carbons (Fsp3) is 0.158. The van der Waals surface area contributed by atoms with Gasteiger partial charge in [-0.15, -0.1) is 0 Å². The van der Waals surface area contributed by atoms with E-state index in [1.807, 2.05) is 18.2 Å². The molecule has 0 spiro atoms. The number of hydrogen-bond donors (Lipinski definition) is 2. The molecule has 1 aliphatic carbocycles. The van der Waals surface area contributed by atoms with Gasteiger partial charge in [0.05, 0.1) is 4.92 Å². The molecule has 3 N–H and O–H groups in total. The van der Waals surface area contributed by atoms with Crippen LogP contribution in [0.2, 0.25) is 0 Å². The van der Waals surface area contributed by atoms with Crippen LogP contribution in [-0.2, 0) is 0 Å². The van der Waals surface area contributed by atoms with Crippen molar-refractivity contribution in [2.24, 2.45) is 0 Å². The number of nitro groups is 1. The van der Waals surface area contributed by atoms with Gasteiger partial charge in [0, 0.05) is 11.6 Å². The van der Waals surface area contributed by atoms with Crippen LogP contribution in [0.15, 0.2) is 48.8 Å². The lowest BCUT2D eigenvalue weighted by molar-refractivity contribution is -0.383. The second-order valence-electron chi connectivity index (χ2n) is 6.19. The maximum absolute atomic E-state index is 11.3. The second-order valence-corrected chi connectivity index (χ2v) is 6.19. The number of fused-ring (bicyclic) bond motifs is 3. The molecular formula is C19H17N5O2. The van der Waals surface area contributed by atoms with Crippen LogP contribution in [0.3, 0.4) is 0 Å². The summed E-state index contributed by atoms with van der Waals surface area (Å²) in [6.07, 6.45) is 2.23. The zero-order valence-electron chi connectivity index (χ0n) is 14.1. The van der Waals surface area contributed by atoms with Gasteiger partial charge in [0.2, 0.25) is 11.6 Å². The molecular weight excluding hydrogens is 330 g/mol. The maximum Gasteiger partial charge on any atom is 0.353 e. The summed E-state index contributed by atoms with van der Waals surface area (Å²) >= 11 is 0. The molecule has 1 atom stereocenters. The quantitative estimate of drug-likeness (QED) is 0.540. The van der Waals surface area contributed by atoms with Crippen molar-refractivity contribution in [3.05, 3.63) is 70.0 Å². The molecule has 0 fully saturated rings. The van der Waals surface area contributed by atoms with Crippen molar-refractivity contribution >= 4 is 23.0 Å². The van der Waals surface area contributed by atoms with Crippen LogP contribution in [0, 0.1) is 10.1 Å². The molecule has 1 aliphatic rings. The van der Waals surface area contributed by atoms with Crippen molar-refractivity contribution in [1.29, 1.82) is 0 Å². The highest BCUT2D eigenvalue weighted by molar-refractivity contribution is 5.83. The van der Waals surface area contributed by atoms with Crippen LogP contribution < -0.4 is 11.1 Å². The van der Waals surface area contributed by atoms with E-state index in [1.54, 1.807) is 0 Å². The predicted octanol–water partition coefficient (Wildman–Crippen LogP) is 4.23. The Morgan fingerprint density at radius 3 is 2.69 bits per heavy atom. The Bertz CT molecular complexity index is 1020. The number of nitrogens with zero attached hydrogens (tertiary/aromatic N) is 3. The SMILES string of the molecule is CC[C@H]1c2ccccc2-c2cc(Nc3ncnc(N)c3[N+](=O)[O-])ccc21. The van der Waals surface area contributed by atoms with E-state index < -0.39 is 4.92 Å². The zero-order chi connectivity index (χ0) is 18.3. The summed E-state index contributed by atoms with van der Waals surface area (Å²) in [7, 11) is 0. The van der Waals surface area contributed by atoms with E-state index in [4.69, 9.17) is 5.73 Å². The summed E-state index contributed by atoms with van der Waals surface area (Å²) in [5.74, 6) is 0.296. The Kier molecular flexibility index (Phi) is 3.76. The fourth-order valence-corrected chi connectivity index (χ4v) is 3.63. The molecule has 26 heavy (non-hydrogen) atoms. The number of nitrogens with one attached hydrogen (secondary N) is 1. The zero-order valence-corrected chi connectivity index (χ0v) is 14.1. The molecule has 0 aliphatic heterocycles. The molecule has 0 unspecified atom stereocenters. The van der Waals surface area contributed by atoms with Crippen molar-refractivity contribution in [1.82, 2.24) is 9.97 Å². The molecule has 0 amide bonds. The van der Waals surface area contributed by atoms with Crippen molar-refractivity contribution < 1.29 is 4.92 Å². The standard InChI is InChI=1S/C19H17N5O2/c1-2-12-13-5-3-4-6-14(13)16-9-11(7-8-15(12)16)23-19-17(24(25)26)18(20)21-10-22-19/h3-10,12H,2H2,1H3,(H3,20,21,22,23)/t12-/m0/s1. The molecule has 7 nitrogen and oxygen atoms in total.